The summed E-state index contributed by atoms with van der Waals surface area (Å²) in [4.78, 5) is 18.6. The van der Waals surface area contributed by atoms with Crippen LogP contribution in [0.4, 0.5) is 16.1 Å². The van der Waals surface area contributed by atoms with E-state index in [9.17, 15) is 9.90 Å². The number of thioether (sulfide) groups is 1. The SMILES string of the molecule is CC(C)Sc1ccccc1CN1CCC(O)(CC(=O)Nc2nnc(N[C@@H]3CCN(c4cccnn4)C3)s2)CC1. The number of carbonyl (C=O) groups is 1. The average Bonchev–Trinajstić information content (AvgIpc) is 3.56. The van der Waals surface area contributed by atoms with Crippen LogP contribution < -0.4 is 15.5 Å². The van der Waals surface area contributed by atoms with Crippen LogP contribution >= 0.6 is 23.1 Å². The second-order valence-electron chi connectivity index (χ2n) is 10.6. The monoisotopic (exact) mass is 568 g/mol. The third-order valence-electron chi connectivity index (χ3n) is 7.08. The first-order valence-electron chi connectivity index (χ1n) is 13.5. The number of nitrogens with one attached hydrogen (secondary N) is 2. The molecule has 39 heavy (non-hydrogen) atoms. The topological polar surface area (TPSA) is 119 Å². The number of aliphatic hydroxyl groups is 1. The molecule has 2 aliphatic heterocycles. The van der Waals surface area contributed by atoms with Crippen LogP contribution in [0.25, 0.3) is 0 Å². The molecule has 2 aromatic heterocycles. The number of anilines is 3. The van der Waals surface area contributed by atoms with Crippen LogP contribution in [-0.2, 0) is 11.3 Å². The van der Waals surface area contributed by atoms with Crippen LogP contribution in [0.5, 0.6) is 0 Å². The molecule has 0 unspecified atom stereocenters. The smallest absolute Gasteiger partial charge is 0.229 e. The number of hydrogen-bond donors (Lipinski definition) is 3. The zero-order valence-electron chi connectivity index (χ0n) is 22.4. The van der Waals surface area contributed by atoms with Gasteiger partial charge in [0.25, 0.3) is 0 Å². The fraction of sp³-hybridized carbons (Fsp3) is 0.519. The lowest BCUT2D eigenvalue weighted by Crippen LogP contribution is -2.45. The molecular formula is C27H36N8O2S2. The summed E-state index contributed by atoms with van der Waals surface area (Å²) in [7, 11) is 0. The fourth-order valence-corrected chi connectivity index (χ4v) is 6.75. The summed E-state index contributed by atoms with van der Waals surface area (Å²) >= 11 is 3.19. The summed E-state index contributed by atoms with van der Waals surface area (Å²) in [6.07, 6.45) is 3.80. The van der Waals surface area contributed by atoms with E-state index in [2.05, 4.69) is 78.9 Å². The lowest BCUT2D eigenvalue weighted by molar-refractivity contribution is -0.123. The number of amides is 1. The maximum absolute atomic E-state index is 12.8. The van der Waals surface area contributed by atoms with Crippen LogP contribution in [0.2, 0.25) is 0 Å². The average molecular weight is 569 g/mol. The first kappa shape index (κ1) is 27.8. The van der Waals surface area contributed by atoms with Crippen molar-refractivity contribution in [2.45, 2.75) is 67.9 Å². The van der Waals surface area contributed by atoms with Crippen molar-refractivity contribution >= 4 is 45.1 Å². The van der Waals surface area contributed by atoms with Gasteiger partial charge in [-0.05, 0) is 43.0 Å². The molecule has 10 nitrogen and oxygen atoms in total. The molecule has 0 aliphatic carbocycles. The van der Waals surface area contributed by atoms with Crippen molar-refractivity contribution in [3.05, 3.63) is 48.2 Å². The van der Waals surface area contributed by atoms with Gasteiger partial charge in [0.15, 0.2) is 5.82 Å². The van der Waals surface area contributed by atoms with Crippen LogP contribution in [0.3, 0.4) is 0 Å². The number of piperidine rings is 1. The van der Waals surface area contributed by atoms with Crippen LogP contribution in [-0.4, -0.2) is 79.4 Å². The number of benzene rings is 1. The molecule has 3 N–H and O–H groups in total. The highest BCUT2D eigenvalue weighted by molar-refractivity contribution is 8.00. The molecule has 0 radical (unpaired) electrons. The van der Waals surface area contributed by atoms with Gasteiger partial charge in [-0.1, -0.05) is 43.4 Å². The molecule has 208 valence electrons. The molecule has 2 fully saturated rings. The molecule has 12 heteroatoms. The third kappa shape index (κ3) is 7.65. The van der Waals surface area contributed by atoms with Gasteiger partial charge in [-0.25, -0.2) is 0 Å². The number of nitrogens with zero attached hydrogens (tertiary/aromatic N) is 6. The van der Waals surface area contributed by atoms with Crippen molar-refractivity contribution in [1.29, 1.82) is 0 Å². The zero-order valence-corrected chi connectivity index (χ0v) is 24.0. The van der Waals surface area contributed by atoms with Crippen molar-refractivity contribution in [3.63, 3.8) is 0 Å². The standard InChI is InChI=1S/C27H36N8O2S2/c1-19(2)38-22-7-4-3-6-20(22)17-34-14-10-27(37,11-15-34)16-24(36)30-26-33-32-25(39-26)29-21-9-13-35(18-21)23-8-5-12-28-31-23/h3-8,12,19,21,37H,9-11,13-18H2,1-2H3,(H,29,32)(H,30,33,36)/t21-/m1/s1. The van der Waals surface area contributed by atoms with E-state index in [1.807, 2.05) is 23.9 Å². The van der Waals surface area contributed by atoms with Crippen LogP contribution in [0, 0.1) is 0 Å². The van der Waals surface area contributed by atoms with Gasteiger partial charge < -0.3 is 20.6 Å². The van der Waals surface area contributed by atoms with Crippen molar-refractivity contribution in [3.8, 4) is 0 Å². The molecule has 1 amide bonds. The minimum Gasteiger partial charge on any atom is -0.389 e. The minimum absolute atomic E-state index is 0.0542. The Bertz CT molecular complexity index is 1230. The second-order valence-corrected chi connectivity index (χ2v) is 13.2. The summed E-state index contributed by atoms with van der Waals surface area (Å²) < 4.78 is 0. The molecule has 1 aromatic carbocycles. The van der Waals surface area contributed by atoms with Gasteiger partial charge in [-0.3, -0.25) is 9.69 Å². The van der Waals surface area contributed by atoms with E-state index in [4.69, 9.17) is 0 Å². The van der Waals surface area contributed by atoms with Gasteiger partial charge in [0, 0.05) is 55.1 Å². The lowest BCUT2D eigenvalue weighted by Gasteiger charge is -2.38. The molecule has 4 heterocycles. The largest absolute Gasteiger partial charge is 0.389 e. The van der Waals surface area contributed by atoms with Gasteiger partial charge >= 0.3 is 0 Å². The molecule has 0 bridgehead atoms. The van der Waals surface area contributed by atoms with Gasteiger partial charge in [0.05, 0.1) is 12.0 Å². The van der Waals surface area contributed by atoms with E-state index in [1.54, 1.807) is 6.20 Å². The Morgan fingerprint density at radius 2 is 1.92 bits per heavy atom. The summed E-state index contributed by atoms with van der Waals surface area (Å²) in [6, 6.07) is 12.6. The summed E-state index contributed by atoms with van der Waals surface area (Å²) in [5, 5.41) is 35.5. The first-order chi connectivity index (χ1) is 18.8. The predicted octanol–water partition coefficient (Wildman–Crippen LogP) is 3.88. The molecule has 3 aromatic rings. The van der Waals surface area contributed by atoms with E-state index < -0.39 is 5.60 Å². The molecule has 2 saturated heterocycles. The van der Waals surface area contributed by atoms with Gasteiger partial charge in [-0.15, -0.1) is 27.1 Å². The first-order valence-corrected chi connectivity index (χ1v) is 15.2. The van der Waals surface area contributed by atoms with Crippen LogP contribution in [0.1, 0.15) is 45.1 Å². The van der Waals surface area contributed by atoms with Gasteiger partial charge in [0.2, 0.25) is 16.2 Å². The van der Waals surface area contributed by atoms with Crippen molar-refractivity contribution < 1.29 is 9.90 Å². The van der Waals surface area contributed by atoms with E-state index in [-0.39, 0.29) is 18.4 Å². The Morgan fingerprint density at radius 3 is 2.69 bits per heavy atom. The van der Waals surface area contributed by atoms with Crippen LogP contribution in [0.15, 0.2) is 47.5 Å². The lowest BCUT2D eigenvalue weighted by atomic mass is 9.87. The highest BCUT2D eigenvalue weighted by Gasteiger charge is 2.35. The minimum atomic E-state index is -1.01. The maximum Gasteiger partial charge on any atom is 0.229 e. The highest BCUT2D eigenvalue weighted by Crippen LogP contribution is 2.31. The number of aromatic nitrogens is 4. The number of rotatable bonds is 10. The summed E-state index contributed by atoms with van der Waals surface area (Å²) in [5.41, 5.74) is 0.311. The fourth-order valence-electron chi connectivity index (χ4n) is 5.07. The van der Waals surface area contributed by atoms with Crippen molar-refractivity contribution in [2.24, 2.45) is 0 Å². The van der Waals surface area contributed by atoms with Gasteiger partial charge in [0.1, 0.15) is 0 Å². The number of hydrogen-bond acceptors (Lipinski definition) is 11. The summed E-state index contributed by atoms with van der Waals surface area (Å²) in [6.45, 7) is 8.46. The van der Waals surface area contributed by atoms with Crippen molar-refractivity contribution in [2.75, 3.05) is 41.7 Å². The second kappa shape index (κ2) is 12.6. The maximum atomic E-state index is 12.8. The van der Waals surface area contributed by atoms with Gasteiger partial charge in [-0.2, -0.15) is 5.10 Å². The molecule has 2 aliphatic rings. The quantitative estimate of drug-likeness (QED) is 0.311. The molecule has 0 saturated carbocycles. The number of likely N-dealkylation sites (tertiary alicyclic amines) is 1. The Morgan fingerprint density at radius 1 is 1.13 bits per heavy atom. The van der Waals surface area contributed by atoms with E-state index in [1.165, 1.54) is 21.8 Å². The molecule has 0 spiro atoms. The molecule has 1 atom stereocenters. The molecular weight excluding hydrogens is 532 g/mol. The normalized spacial score (nSPS) is 19.4. The Labute approximate surface area is 237 Å². The van der Waals surface area contributed by atoms with E-state index in [0.29, 0.717) is 28.4 Å². The summed E-state index contributed by atoms with van der Waals surface area (Å²) in [5.74, 6) is 0.632. The zero-order chi connectivity index (χ0) is 27.2. The highest BCUT2D eigenvalue weighted by atomic mass is 32.2. The van der Waals surface area contributed by atoms with E-state index in [0.717, 1.165) is 45.0 Å². The third-order valence-corrected chi connectivity index (χ3v) is 8.97. The Balaban J connectivity index is 1.07. The Kier molecular flexibility index (Phi) is 8.96. The molecule has 5 rings (SSSR count). The Hall–Kier alpha value is -2.80. The van der Waals surface area contributed by atoms with Crippen molar-refractivity contribution in [1.82, 2.24) is 25.3 Å². The predicted molar refractivity (Wildman–Crippen MR) is 156 cm³/mol. The number of carbonyl (C=O) groups excluding carboxylic acids is 1. The van der Waals surface area contributed by atoms with E-state index >= 15 is 0 Å².